The molecule has 0 aliphatic rings. The fourth-order valence-corrected chi connectivity index (χ4v) is 3.71. The molecule has 0 atom stereocenters. The van der Waals surface area contributed by atoms with Gasteiger partial charge in [0, 0.05) is 16.6 Å². The van der Waals surface area contributed by atoms with Crippen LogP contribution in [0.1, 0.15) is 10.4 Å². The number of hydrogen-bond acceptors (Lipinski definition) is 4. The number of sulfonamides is 1. The van der Waals surface area contributed by atoms with E-state index in [1.165, 1.54) is 17.4 Å². The lowest BCUT2D eigenvalue weighted by Gasteiger charge is -2.10. The molecule has 1 heterocycles. The largest absolute Gasteiger partial charge is 0.322 e. The van der Waals surface area contributed by atoms with Crippen molar-refractivity contribution in [2.75, 3.05) is 16.3 Å². The van der Waals surface area contributed by atoms with Gasteiger partial charge in [-0.2, -0.15) is 0 Å². The molecular formula is C15H15BrN2O3S2. The van der Waals surface area contributed by atoms with Crippen LogP contribution in [0.25, 0.3) is 6.08 Å². The predicted octanol–water partition coefficient (Wildman–Crippen LogP) is 3.84. The van der Waals surface area contributed by atoms with Crippen molar-refractivity contribution in [1.29, 1.82) is 0 Å². The molecule has 0 aliphatic carbocycles. The molecule has 0 aliphatic heterocycles. The number of thiophene rings is 1. The van der Waals surface area contributed by atoms with Crippen LogP contribution >= 0.6 is 27.3 Å². The number of benzene rings is 1. The van der Waals surface area contributed by atoms with Crippen LogP contribution in [0.5, 0.6) is 0 Å². The van der Waals surface area contributed by atoms with E-state index in [4.69, 9.17) is 0 Å². The maximum atomic E-state index is 11.9. The lowest BCUT2D eigenvalue weighted by Crippen LogP contribution is -2.12. The number of anilines is 2. The topological polar surface area (TPSA) is 75.3 Å². The Balaban J connectivity index is 2.09. The van der Waals surface area contributed by atoms with E-state index in [9.17, 15) is 13.2 Å². The summed E-state index contributed by atoms with van der Waals surface area (Å²) in [5, 5.41) is 2.70. The van der Waals surface area contributed by atoms with Crippen LogP contribution in [0.2, 0.25) is 0 Å². The van der Waals surface area contributed by atoms with Gasteiger partial charge in [0.1, 0.15) is 0 Å². The van der Waals surface area contributed by atoms with Crippen LogP contribution in [0, 0.1) is 6.92 Å². The summed E-state index contributed by atoms with van der Waals surface area (Å²) in [5.74, 6) is -0.288. The maximum absolute atomic E-state index is 11.9. The molecule has 2 N–H and O–H groups in total. The molecule has 8 heteroatoms. The van der Waals surface area contributed by atoms with Crippen molar-refractivity contribution in [3.63, 3.8) is 0 Å². The fourth-order valence-electron chi connectivity index (χ4n) is 1.77. The third-order valence-electron chi connectivity index (χ3n) is 2.79. The Morgan fingerprint density at radius 3 is 2.61 bits per heavy atom. The second-order valence-corrected chi connectivity index (χ2v) is 9.11. The first-order chi connectivity index (χ1) is 10.7. The molecule has 0 fully saturated rings. The minimum Gasteiger partial charge on any atom is -0.322 e. The molecule has 1 amide bonds. The smallest absolute Gasteiger partial charge is 0.248 e. The lowest BCUT2D eigenvalue weighted by atomic mass is 10.2. The standard InChI is InChI=1S/C15H15BrN2O3S2/c1-10-3-4-11(9-13(10)18-23(2,20)21)17-15(19)8-6-12-5-7-14(16)22-12/h3-9,18H,1-2H3,(H,17,19)/b8-6+. The number of halogens is 1. The fraction of sp³-hybridized carbons (Fsp3) is 0.133. The molecule has 0 unspecified atom stereocenters. The Labute approximate surface area is 147 Å². The molecular weight excluding hydrogens is 400 g/mol. The molecule has 2 rings (SSSR count). The first-order valence-corrected chi connectivity index (χ1v) is 10.1. The minimum absolute atomic E-state index is 0.288. The quantitative estimate of drug-likeness (QED) is 0.729. The van der Waals surface area contributed by atoms with Gasteiger partial charge in [-0.3, -0.25) is 9.52 Å². The molecule has 0 spiro atoms. The summed E-state index contributed by atoms with van der Waals surface area (Å²) >= 11 is 4.88. The average Bonchev–Trinajstić information content (AvgIpc) is 2.84. The van der Waals surface area contributed by atoms with Crippen LogP contribution < -0.4 is 10.0 Å². The van der Waals surface area contributed by atoms with E-state index in [1.54, 1.807) is 31.2 Å². The molecule has 0 radical (unpaired) electrons. The summed E-state index contributed by atoms with van der Waals surface area (Å²) in [6.45, 7) is 1.79. The van der Waals surface area contributed by atoms with Gasteiger partial charge in [0.2, 0.25) is 15.9 Å². The van der Waals surface area contributed by atoms with E-state index < -0.39 is 10.0 Å². The van der Waals surface area contributed by atoms with E-state index in [1.807, 2.05) is 12.1 Å². The number of carbonyl (C=O) groups excluding carboxylic acids is 1. The highest BCUT2D eigenvalue weighted by molar-refractivity contribution is 9.11. The molecule has 0 bridgehead atoms. The minimum atomic E-state index is -3.37. The van der Waals surface area contributed by atoms with Gasteiger partial charge in [-0.25, -0.2) is 8.42 Å². The summed E-state index contributed by atoms with van der Waals surface area (Å²) < 4.78 is 26.1. The van der Waals surface area contributed by atoms with Crippen LogP contribution in [0.4, 0.5) is 11.4 Å². The molecule has 122 valence electrons. The van der Waals surface area contributed by atoms with E-state index in [0.29, 0.717) is 11.4 Å². The van der Waals surface area contributed by atoms with E-state index in [-0.39, 0.29) is 5.91 Å². The van der Waals surface area contributed by atoms with Crippen LogP contribution in [-0.4, -0.2) is 20.6 Å². The number of nitrogens with one attached hydrogen (secondary N) is 2. The predicted molar refractivity (Wildman–Crippen MR) is 99.3 cm³/mol. The molecule has 1 aromatic heterocycles. The number of aryl methyl sites for hydroxylation is 1. The second-order valence-electron chi connectivity index (χ2n) is 4.87. The zero-order valence-corrected chi connectivity index (χ0v) is 15.7. The normalized spacial score (nSPS) is 11.6. The summed E-state index contributed by atoms with van der Waals surface area (Å²) in [4.78, 5) is 12.9. The average molecular weight is 415 g/mol. The van der Waals surface area contributed by atoms with E-state index in [2.05, 4.69) is 26.0 Å². The molecule has 5 nitrogen and oxygen atoms in total. The summed E-state index contributed by atoms with van der Waals surface area (Å²) in [6.07, 6.45) is 4.23. The molecule has 0 saturated carbocycles. The number of amides is 1. The molecule has 1 aromatic carbocycles. The van der Waals surface area contributed by atoms with Gasteiger partial charge in [-0.1, -0.05) is 6.07 Å². The Morgan fingerprint density at radius 2 is 2.00 bits per heavy atom. The third kappa shape index (κ3) is 5.81. The number of hydrogen-bond donors (Lipinski definition) is 2. The SMILES string of the molecule is Cc1ccc(NC(=O)/C=C/c2ccc(Br)s2)cc1NS(C)(=O)=O. The van der Waals surface area contributed by atoms with Crippen molar-refractivity contribution in [3.05, 3.63) is 50.6 Å². The third-order valence-corrected chi connectivity index (χ3v) is 4.97. The molecule has 23 heavy (non-hydrogen) atoms. The molecule has 2 aromatic rings. The Bertz CT molecular complexity index is 857. The van der Waals surface area contributed by atoms with Crippen LogP contribution in [0.15, 0.2) is 40.2 Å². The number of carbonyl (C=O) groups is 1. The van der Waals surface area contributed by atoms with Crippen molar-refractivity contribution in [2.24, 2.45) is 0 Å². The van der Waals surface area contributed by atoms with Crippen LogP contribution in [0.3, 0.4) is 0 Å². The Kier molecular flexibility index (Phi) is 5.61. The van der Waals surface area contributed by atoms with Gasteiger partial charge in [0.25, 0.3) is 0 Å². The Hall–Kier alpha value is -1.64. The zero-order valence-electron chi connectivity index (χ0n) is 12.5. The lowest BCUT2D eigenvalue weighted by molar-refractivity contribution is -0.111. The van der Waals surface area contributed by atoms with Gasteiger partial charge < -0.3 is 5.32 Å². The van der Waals surface area contributed by atoms with E-state index >= 15 is 0 Å². The maximum Gasteiger partial charge on any atom is 0.248 e. The second kappa shape index (κ2) is 7.29. The zero-order chi connectivity index (χ0) is 17.0. The van der Waals surface area contributed by atoms with Gasteiger partial charge in [-0.05, 0) is 58.8 Å². The highest BCUT2D eigenvalue weighted by atomic mass is 79.9. The van der Waals surface area contributed by atoms with Gasteiger partial charge in [0.15, 0.2) is 0 Å². The van der Waals surface area contributed by atoms with E-state index in [0.717, 1.165) is 20.5 Å². The summed E-state index contributed by atoms with van der Waals surface area (Å²) in [7, 11) is -3.37. The molecule has 0 saturated heterocycles. The van der Waals surface area contributed by atoms with Crippen molar-refractivity contribution in [1.82, 2.24) is 0 Å². The van der Waals surface area contributed by atoms with Crippen molar-refractivity contribution in [3.8, 4) is 0 Å². The first kappa shape index (κ1) is 17.7. The highest BCUT2D eigenvalue weighted by Crippen LogP contribution is 2.23. The Morgan fingerprint density at radius 1 is 1.26 bits per heavy atom. The van der Waals surface area contributed by atoms with Crippen molar-refractivity contribution in [2.45, 2.75) is 6.92 Å². The van der Waals surface area contributed by atoms with Crippen LogP contribution in [-0.2, 0) is 14.8 Å². The first-order valence-electron chi connectivity index (χ1n) is 6.56. The monoisotopic (exact) mass is 414 g/mol. The van der Waals surface area contributed by atoms with Gasteiger partial charge in [-0.15, -0.1) is 11.3 Å². The summed E-state index contributed by atoms with van der Waals surface area (Å²) in [6, 6.07) is 8.85. The number of rotatable bonds is 5. The van der Waals surface area contributed by atoms with Gasteiger partial charge in [0.05, 0.1) is 15.7 Å². The van der Waals surface area contributed by atoms with Crippen molar-refractivity contribution >= 4 is 60.6 Å². The van der Waals surface area contributed by atoms with Gasteiger partial charge >= 0.3 is 0 Å². The van der Waals surface area contributed by atoms with Crippen molar-refractivity contribution < 1.29 is 13.2 Å². The highest BCUT2D eigenvalue weighted by Gasteiger charge is 2.07. The summed E-state index contributed by atoms with van der Waals surface area (Å²) in [5.41, 5.74) is 1.73.